The fourth-order valence-corrected chi connectivity index (χ4v) is 9.64. The highest BCUT2D eigenvalue weighted by Crippen LogP contribution is 2.54. The van der Waals surface area contributed by atoms with Gasteiger partial charge in [-0.25, -0.2) is 0 Å². The average Bonchev–Trinajstić information content (AvgIpc) is 3.45. The first-order valence-electron chi connectivity index (χ1n) is 25.1. The van der Waals surface area contributed by atoms with Crippen LogP contribution in [0.3, 0.4) is 0 Å². The normalized spacial score (nSPS) is 13.5. The van der Waals surface area contributed by atoms with Crippen LogP contribution in [0.4, 0.5) is 0 Å². The fourth-order valence-electron chi connectivity index (χ4n) is 9.64. The molecule has 0 fully saturated rings. The lowest BCUT2D eigenvalue weighted by Gasteiger charge is -2.33. The van der Waals surface area contributed by atoms with Crippen LogP contribution in [-0.2, 0) is 5.41 Å². The van der Waals surface area contributed by atoms with Gasteiger partial charge in [0.05, 0.1) is 0 Å². The molecule has 7 nitrogen and oxygen atoms in total. The van der Waals surface area contributed by atoms with Gasteiger partial charge in [-0.1, -0.05) is 106 Å². The highest BCUT2D eigenvalue weighted by atomic mass is 15.1. The molecule has 7 heteroatoms. The maximum Gasteiger partial charge on any atom is 0.0215 e. The number of aryl methyl sites for hydroxylation is 2. The highest BCUT2D eigenvalue weighted by molar-refractivity contribution is 5.81. The number of benzene rings is 2. The summed E-state index contributed by atoms with van der Waals surface area (Å²) in [6.45, 7) is 22.4. The first kappa shape index (κ1) is 52.5. The molecule has 2 aromatic carbocycles. The molecule has 0 saturated carbocycles. The van der Waals surface area contributed by atoms with Gasteiger partial charge in [-0.05, 0) is 228 Å². The van der Waals surface area contributed by atoms with Gasteiger partial charge >= 0.3 is 0 Å². The third kappa shape index (κ3) is 20.6. The van der Waals surface area contributed by atoms with Gasteiger partial charge in [-0.3, -0.25) is 0 Å². The lowest BCUT2D eigenvalue weighted by atomic mass is 9.70. The summed E-state index contributed by atoms with van der Waals surface area (Å²) in [5.74, 6) is 0. The van der Waals surface area contributed by atoms with Crippen LogP contribution in [0.5, 0.6) is 0 Å². The van der Waals surface area contributed by atoms with Crippen molar-refractivity contribution in [3.8, 4) is 11.1 Å². The van der Waals surface area contributed by atoms with E-state index in [1.165, 1.54) is 197 Å². The van der Waals surface area contributed by atoms with E-state index >= 15 is 0 Å². The Kier molecular flexibility index (Phi) is 27.2. The van der Waals surface area contributed by atoms with Crippen molar-refractivity contribution >= 4 is 0 Å². The summed E-state index contributed by atoms with van der Waals surface area (Å²) in [6, 6.07) is 14.6. The van der Waals surface area contributed by atoms with E-state index in [1.54, 1.807) is 11.1 Å². The molecule has 0 saturated heterocycles. The lowest BCUT2D eigenvalue weighted by Crippen LogP contribution is -2.32. The van der Waals surface area contributed by atoms with Crippen LogP contribution in [-0.4, -0.2) is 152 Å². The van der Waals surface area contributed by atoms with Crippen molar-refractivity contribution < 1.29 is 0 Å². The second kappa shape index (κ2) is 31.1. The average molecular weight is 832 g/mol. The molecule has 1 aliphatic carbocycles. The third-order valence-corrected chi connectivity index (χ3v) is 13.1. The van der Waals surface area contributed by atoms with Gasteiger partial charge in [-0.2, -0.15) is 0 Å². The summed E-state index contributed by atoms with van der Waals surface area (Å²) in [5.41, 5.74) is 9.20. The second-order valence-corrected chi connectivity index (χ2v) is 19.6. The van der Waals surface area contributed by atoms with E-state index in [9.17, 15) is 0 Å². The Hall–Kier alpha value is -1.84. The van der Waals surface area contributed by atoms with E-state index in [0.29, 0.717) is 0 Å². The Labute approximate surface area is 372 Å². The number of unbranched alkanes of at least 4 members (excludes halogenated alkanes) is 8. The number of hydrogen-bond donors (Lipinski definition) is 2. The largest absolute Gasteiger partial charge is 0.317 e. The van der Waals surface area contributed by atoms with Gasteiger partial charge in [0, 0.05) is 5.41 Å². The first-order valence-corrected chi connectivity index (χ1v) is 25.1. The molecule has 2 N–H and O–H groups in total. The number of rotatable bonds is 38. The predicted octanol–water partition coefficient (Wildman–Crippen LogP) is 10.1. The smallest absolute Gasteiger partial charge is 0.0215 e. The molecule has 1 aliphatic rings. The maximum atomic E-state index is 3.80. The van der Waals surface area contributed by atoms with Crippen molar-refractivity contribution in [2.45, 2.75) is 142 Å². The van der Waals surface area contributed by atoms with Crippen LogP contribution >= 0.6 is 0 Å². The van der Waals surface area contributed by atoms with Gasteiger partial charge in [0.15, 0.2) is 0 Å². The molecular weight excluding hydrogens is 735 g/mol. The number of fused-ring (bicyclic) bond motifs is 3. The highest BCUT2D eigenvalue weighted by Gasteiger charge is 2.42. The van der Waals surface area contributed by atoms with E-state index < -0.39 is 0 Å². The third-order valence-electron chi connectivity index (χ3n) is 13.1. The van der Waals surface area contributed by atoms with Gasteiger partial charge in [0.25, 0.3) is 0 Å². The van der Waals surface area contributed by atoms with Gasteiger partial charge in [0.1, 0.15) is 0 Å². The SMILES string of the molecule is CCCCCN(CCCNCCCCCCC1(CCCCCCNCCCN(CCCN(C)C)CCCN(C)C)c2cc(C)ccc2-c2ccc(C)cc21)CCCN(C)C. The molecule has 0 spiro atoms. The van der Waals surface area contributed by atoms with Crippen molar-refractivity contribution in [3.63, 3.8) is 0 Å². The summed E-state index contributed by atoms with van der Waals surface area (Å²) < 4.78 is 0. The minimum atomic E-state index is 0.152. The van der Waals surface area contributed by atoms with Crippen LogP contribution in [0.1, 0.15) is 145 Å². The summed E-state index contributed by atoms with van der Waals surface area (Å²) in [6.07, 6.45) is 23.4. The molecule has 344 valence electrons. The van der Waals surface area contributed by atoms with E-state index in [4.69, 9.17) is 0 Å². The zero-order valence-corrected chi connectivity index (χ0v) is 41.1. The molecule has 60 heavy (non-hydrogen) atoms. The van der Waals surface area contributed by atoms with Crippen molar-refractivity contribution in [1.82, 2.24) is 35.1 Å². The van der Waals surface area contributed by atoms with E-state index in [0.717, 1.165) is 26.2 Å². The first-order chi connectivity index (χ1) is 29.1. The van der Waals surface area contributed by atoms with E-state index in [-0.39, 0.29) is 5.41 Å². The van der Waals surface area contributed by atoms with E-state index in [1.807, 2.05) is 0 Å². The molecule has 3 rings (SSSR count). The molecule has 0 aliphatic heterocycles. The molecular formula is C53H97N7. The summed E-state index contributed by atoms with van der Waals surface area (Å²) in [5, 5.41) is 7.60. The minimum Gasteiger partial charge on any atom is -0.317 e. The Balaban J connectivity index is 1.42. The Morgan fingerprint density at radius 2 is 0.767 bits per heavy atom. The Morgan fingerprint density at radius 3 is 1.17 bits per heavy atom. The molecule has 0 aromatic heterocycles. The fraction of sp³-hybridized carbons (Fsp3) is 0.774. The van der Waals surface area contributed by atoms with Crippen LogP contribution in [0.25, 0.3) is 11.1 Å². The monoisotopic (exact) mass is 832 g/mol. The minimum absolute atomic E-state index is 0.152. The number of hydrogen-bond acceptors (Lipinski definition) is 7. The predicted molar refractivity (Wildman–Crippen MR) is 265 cm³/mol. The topological polar surface area (TPSA) is 40.3 Å². The zero-order valence-electron chi connectivity index (χ0n) is 41.1. The van der Waals surface area contributed by atoms with E-state index in [2.05, 4.69) is 135 Å². The van der Waals surface area contributed by atoms with Crippen molar-refractivity contribution in [2.75, 3.05) is 127 Å². The molecule has 0 radical (unpaired) electrons. The zero-order chi connectivity index (χ0) is 43.4. The number of nitrogens with one attached hydrogen (secondary N) is 2. The van der Waals surface area contributed by atoms with Crippen LogP contribution in [0.15, 0.2) is 36.4 Å². The van der Waals surface area contributed by atoms with Crippen LogP contribution < -0.4 is 10.6 Å². The summed E-state index contributed by atoms with van der Waals surface area (Å²) in [4.78, 5) is 12.4. The molecule has 0 unspecified atom stereocenters. The standard InChI is InChI=1S/C53H97N7/c1-10-11-20-39-59(42-23-36-56(4)5)40-21-34-54-32-18-14-12-16-30-53(51-45-47(2)26-28-49(51)50-29-27-48(3)46-52(50)53)31-17-13-15-19-33-55-35-22-41-60(43-24-37-57(6)7)44-25-38-58(8)9/h26-29,45-46,54-55H,10-25,30-44H2,1-9H3. The maximum absolute atomic E-state index is 3.80. The lowest BCUT2D eigenvalue weighted by molar-refractivity contribution is 0.238. The van der Waals surface area contributed by atoms with Crippen LogP contribution in [0, 0.1) is 13.8 Å². The van der Waals surface area contributed by atoms with Crippen LogP contribution in [0.2, 0.25) is 0 Å². The van der Waals surface area contributed by atoms with Gasteiger partial charge in [0.2, 0.25) is 0 Å². The molecule has 0 atom stereocenters. The Morgan fingerprint density at radius 1 is 0.400 bits per heavy atom. The molecule has 2 aromatic rings. The molecule has 0 heterocycles. The molecule has 0 bridgehead atoms. The number of nitrogens with zero attached hydrogens (tertiary/aromatic N) is 5. The van der Waals surface area contributed by atoms with Gasteiger partial charge < -0.3 is 35.1 Å². The summed E-state index contributed by atoms with van der Waals surface area (Å²) in [7, 11) is 13.1. The molecule has 0 amide bonds. The Bertz CT molecular complexity index is 1310. The van der Waals surface area contributed by atoms with Crippen molar-refractivity contribution in [1.29, 1.82) is 0 Å². The summed E-state index contributed by atoms with van der Waals surface area (Å²) >= 11 is 0. The van der Waals surface area contributed by atoms with Crippen molar-refractivity contribution in [3.05, 3.63) is 58.7 Å². The quantitative estimate of drug-likeness (QED) is 0.0654. The van der Waals surface area contributed by atoms with Crippen molar-refractivity contribution in [2.24, 2.45) is 0 Å². The van der Waals surface area contributed by atoms with Gasteiger partial charge in [-0.15, -0.1) is 0 Å². The second-order valence-electron chi connectivity index (χ2n) is 19.6.